The molecule has 1 heterocycles. The maximum absolute atomic E-state index is 4.10. The topological polar surface area (TPSA) is 86.1 Å². The van der Waals surface area contributed by atoms with Crippen LogP contribution in [0, 0.1) is 0 Å². The van der Waals surface area contributed by atoms with Crippen LogP contribution in [0.5, 0.6) is 0 Å². The third-order valence-electron chi connectivity index (χ3n) is 1.11. The van der Waals surface area contributed by atoms with E-state index in [0.717, 1.165) is 5.82 Å². The molecule has 6 N–H and O–H groups in total. The molecule has 0 aliphatic rings. The van der Waals surface area contributed by atoms with Crippen molar-refractivity contribution in [3.63, 3.8) is 0 Å². The highest BCUT2D eigenvalue weighted by Gasteiger charge is 1.89. The summed E-state index contributed by atoms with van der Waals surface area (Å²) in [5.74, 6) is 0.998. The summed E-state index contributed by atoms with van der Waals surface area (Å²) in [6, 6.07) is 5.86. The standard InChI is InChI=1S/C7H10N2.2H3N/c1-9(2)7-5-3-4-6-8-7;;/h3-6H,1-2H3;2*1H3. The summed E-state index contributed by atoms with van der Waals surface area (Å²) < 4.78 is 0. The Morgan fingerprint density at radius 3 is 2.09 bits per heavy atom. The van der Waals surface area contributed by atoms with Gasteiger partial charge in [-0.2, -0.15) is 0 Å². The summed E-state index contributed by atoms with van der Waals surface area (Å²) in [5, 5.41) is 0. The number of nitrogens with zero attached hydrogens (tertiary/aromatic N) is 2. The van der Waals surface area contributed by atoms with E-state index < -0.39 is 0 Å². The van der Waals surface area contributed by atoms with Gasteiger partial charge in [0.1, 0.15) is 5.82 Å². The lowest BCUT2D eigenvalue weighted by molar-refractivity contribution is 1.07. The van der Waals surface area contributed by atoms with Gasteiger partial charge in [-0.1, -0.05) is 6.07 Å². The highest BCUT2D eigenvalue weighted by molar-refractivity contribution is 5.34. The monoisotopic (exact) mass is 156 g/mol. The Labute approximate surface area is 67.4 Å². The van der Waals surface area contributed by atoms with Crippen molar-refractivity contribution in [3.8, 4) is 0 Å². The van der Waals surface area contributed by atoms with E-state index in [4.69, 9.17) is 0 Å². The van der Waals surface area contributed by atoms with Crippen molar-refractivity contribution >= 4 is 5.82 Å². The first kappa shape index (κ1) is 12.5. The molecule has 0 aromatic carbocycles. The second-order valence-electron chi connectivity index (χ2n) is 2.08. The molecular formula is C7H16N4. The van der Waals surface area contributed by atoms with Crippen molar-refractivity contribution in [1.29, 1.82) is 0 Å². The second kappa shape index (κ2) is 5.64. The molecular weight excluding hydrogens is 140 g/mol. The number of rotatable bonds is 1. The molecule has 1 aromatic heterocycles. The third-order valence-corrected chi connectivity index (χ3v) is 1.11. The minimum Gasteiger partial charge on any atom is -0.363 e. The van der Waals surface area contributed by atoms with Gasteiger partial charge in [0.2, 0.25) is 0 Å². The normalized spacial score (nSPS) is 7.45. The lowest BCUT2D eigenvalue weighted by Gasteiger charge is -2.08. The number of pyridine rings is 1. The van der Waals surface area contributed by atoms with E-state index in [0.29, 0.717) is 0 Å². The van der Waals surface area contributed by atoms with Gasteiger partial charge >= 0.3 is 0 Å². The average molecular weight is 156 g/mol. The van der Waals surface area contributed by atoms with Crippen LogP contribution in [0.25, 0.3) is 0 Å². The molecule has 0 unspecified atom stereocenters. The minimum absolute atomic E-state index is 0. The Bertz CT molecular complexity index is 173. The lowest BCUT2D eigenvalue weighted by Crippen LogP contribution is -2.09. The van der Waals surface area contributed by atoms with E-state index in [1.807, 2.05) is 37.2 Å². The molecule has 0 fully saturated rings. The highest BCUT2D eigenvalue weighted by Crippen LogP contribution is 2.02. The van der Waals surface area contributed by atoms with Crippen molar-refractivity contribution in [2.75, 3.05) is 19.0 Å². The molecule has 4 heteroatoms. The Hall–Kier alpha value is -1.13. The molecule has 0 saturated heterocycles. The fraction of sp³-hybridized carbons (Fsp3) is 0.286. The molecule has 4 nitrogen and oxygen atoms in total. The SMILES string of the molecule is CN(C)c1ccccn1.N.N. The molecule has 0 atom stereocenters. The number of hydrogen-bond acceptors (Lipinski definition) is 4. The molecule has 1 rings (SSSR count). The van der Waals surface area contributed by atoms with E-state index in [1.54, 1.807) is 6.20 Å². The third kappa shape index (κ3) is 3.54. The Balaban J connectivity index is 0. The van der Waals surface area contributed by atoms with Crippen molar-refractivity contribution in [1.82, 2.24) is 17.3 Å². The highest BCUT2D eigenvalue weighted by atomic mass is 15.1. The zero-order valence-corrected chi connectivity index (χ0v) is 7.12. The van der Waals surface area contributed by atoms with E-state index >= 15 is 0 Å². The van der Waals surface area contributed by atoms with Crippen molar-refractivity contribution in [2.24, 2.45) is 0 Å². The molecule has 0 radical (unpaired) electrons. The first-order chi connectivity index (χ1) is 4.30. The van der Waals surface area contributed by atoms with Crippen LogP contribution in [0.4, 0.5) is 5.82 Å². The van der Waals surface area contributed by atoms with Crippen molar-refractivity contribution in [3.05, 3.63) is 24.4 Å². The van der Waals surface area contributed by atoms with E-state index in [9.17, 15) is 0 Å². The summed E-state index contributed by atoms with van der Waals surface area (Å²) in [6.45, 7) is 0. The zero-order chi connectivity index (χ0) is 6.69. The second-order valence-corrected chi connectivity index (χ2v) is 2.08. The van der Waals surface area contributed by atoms with E-state index in [1.165, 1.54) is 0 Å². The first-order valence-electron chi connectivity index (χ1n) is 2.89. The van der Waals surface area contributed by atoms with E-state index in [-0.39, 0.29) is 12.3 Å². The quantitative estimate of drug-likeness (QED) is 0.644. The van der Waals surface area contributed by atoms with Gasteiger partial charge in [0.05, 0.1) is 0 Å². The van der Waals surface area contributed by atoms with Crippen LogP contribution in [0.3, 0.4) is 0 Å². The van der Waals surface area contributed by atoms with Gasteiger partial charge in [0.25, 0.3) is 0 Å². The van der Waals surface area contributed by atoms with Crippen LogP contribution in [-0.4, -0.2) is 19.1 Å². The van der Waals surface area contributed by atoms with Gasteiger partial charge < -0.3 is 17.2 Å². The van der Waals surface area contributed by atoms with Crippen LogP contribution in [0.15, 0.2) is 24.4 Å². The number of aromatic nitrogens is 1. The molecule has 64 valence electrons. The Morgan fingerprint density at radius 2 is 1.82 bits per heavy atom. The van der Waals surface area contributed by atoms with Gasteiger partial charge in [-0.15, -0.1) is 0 Å². The molecule has 0 aliphatic heterocycles. The molecule has 0 bridgehead atoms. The van der Waals surface area contributed by atoms with Crippen LogP contribution >= 0.6 is 0 Å². The zero-order valence-electron chi connectivity index (χ0n) is 7.12. The van der Waals surface area contributed by atoms with Crippen LogP contribution < -0.4 is 17.2 Å². The van der Waals surface area contributed by atoms with Gasteiger partial charge in [-0.05, 0) is 12.1 Å². The van der Waals surface area contributed by atoms with E-state index in [2.05, 4.69) is 4.98 Å². The summed E-state index contributed by atoms with van der Waals surface area (Å²) in [5.41, 5.74) is 0. The van der Waals surface area contributed by atoms with Crippen molar-refractivity contribution in [2.45, 2.75) is 0 Å². The fourth-order valence-electron chi connectivity index (χ4n) is 0.618. The Morgan fingerprint density at radius 1 is 1.18 bits per heavy atom. The van der Waals surface area contributed by atoms with Crippen LogP contribution in [-0.2, 0) is 0 Å². The summed E-state index contributed by atoms with van der Waals surface area (Å²) in [6.07, 6.45) is 1.79. The first-order valence-corrected chi connectivity index (χ1v) is 2.89. The lowest BCUT2D eigenvalue weighted by atomic mass is 10.4. The average Bonchev–Trinajstić information content (AvgIpc) is 1.90. The molecule has 11 heavy (non-hydrogen) atoms. The number of hydrogen-bond donors (Lipinski definition) is 2. The Kier molecular flexibility index (Phi) is 6.43. The predicted octanol–water partition coefficient (Wildman–Crippen LogP) is 1.47. The molecule has 0 saturated carbocycles. The summed E-state index contributed by atoms with van der Waals surface area (Å²) in [7, 11) is 3.95. The fourth-order valence-corrected chi connectivity index (χ4v) is 0.618. The molecule has 0 aliphatic carbocycles. The molecule has 1 aromatic rings. The molecule has 0 amide bonds. The summed E-state index contributed by atoms with van der Waals surface area (Å²) in [4.78, 5) is 6.08. The largest absolute Gasteiger partial charge is 0.363 e. The maximum atomic E-state index is 4.10. The van der Waals surface area contributed by atoms with Crippen LogP contribution in [0.1, 0.15) is 0 Å². The van der Waals surface area contributed by atoms with Crippen molar-refractivity contribution < 1.29 is 0 Å². The maximum Gasteiger partial charge on any atom is 0.127 e. The summed E-state index contributed by atoms with van der Waals surface area (Å²) >= 11 is 0. The van der Waals surface area contributed by atoms with Crippen LogP contribution in [0.2, 0.25) is 0 Å². The molecule has 0 spiro atoms. The van der Waals surface area contributed by atoms with Gasteiger partial charge in [0, 0.05) is 20.3 Å². The van der Waals surface area contributed by atoms with Gasteiger partial charge in [-0.3, -0.25) is 0 Å². The number of anilines is 1. The smallest absolute Gasteiger partial charge is 0.127 e. The van der Waals surface area contributed by atoms with Gasteiger partial charge in [-0.25, -0.2) is 4.98 Å². The van der Waals surface area contributed by atoms with Gasteiger partial charge in [0.15, 0.2) is 0 Å². The minimum atomic E-state index is 0. The predicted molar refractivity (Wildman–Crippen MR) is 48.6 cm³/mol.